The molecule has 0 unspecified atom stereocenters. The van der Waals surface area contributed by atoms with Crippen molar-refractivity contribution in [2.24, 2.45) is 23.7 Å². The number of benzene rings is 1. The van der Waals surface area contributed by atoms with Crippen molar-refractivity contribution in [3.63, 3.8) is 0 Å². The summed E-state index contributed by atoms with van der Waals surface area (Å²) in [6.45, 7) is 6.57. The highest BCUT2D eigenvalue weighted by molar-refractivity contribution is 7.09. The van der Waals surface area contributed by atoms with Crippen LogP contribution in [0.1, 0.15) is 56.9 Å². The molecule has 1 aromatic carbocycles. The van der Waals surface area contributed by atoms with Crippen molar-refractivity contribution in [1.29, 1.82) is 0 Å². The zero-order valence-corrected chi connectivity index (χ0v) is 23.4. The van der Waals surface area contributed by atoms with Crippen LogP contribution in [0, 0.1) is 29.5 Å². The van der Waals surface area contributed by atoms with Gasteiger partial charge in [-0.2, -0.15) is 0 Å². The molecule has 1 aromatic heterocycles. The molecule has 5 rings (SSSR count). The number of phenolic OH excluding ortho intramolecular Hbond substituents is 1. The molecule has 2 amide bonds. The molecule has 6 nitrogen and oxygen atoms in total. The lowest BCUT2D eigenvalue weighted by Crippen LogP contribution is -2.46. The second-order valence-electron chi connectivity index (χ2n) is 11.1. The lowest BCUT2D eigenvalue weighted by molar-refractivity contribution is -0.140. The molecule has 0 saturated carbocycles. The number of halogens is 1. The first-order chi connectivity index (χ1) is 18.7. The van der Waals surface area contributed by atoms with Crippen LogP contribution in [0.3, 0.4) is 0 Å². The highest BCUT2D eigenvalue weighted by Gasteiger charge is 2.57. The zero-order chi connectivity index (χ0) is 27.8. The number of nitrogens with zero attached hydrogens (tertiary/aromatic N) is 1. The summed E-state index contributed by atoms with van der Waals surface area (Å²) in [7, 11) is -1.01. The zero-order valence-electron chi connectivity index (χ0n) is 22.6. The Morgan fingerprint density at radius 2 is 2.05 bits per heavy atom. The minimum atomic E-state index is -1.01. The molecular formula is C30H35BFNO5S. The number of allylic oxidation sites excluding steroid dienone is 2. The summed E-state index contributed by atoms with van der Waals surface area (Å²) >= 11 is 1.53. The van der Waals surface area contributed by atoms with E-state index in [-0.39, 0.29) is 35.5 Å². The number of aromatic hydroxyl groups is 1. The van der Waals surface area contributed by atoms with Gasteiger partial charge in [0.25, 0.3) is 0 Å². The third-order valence-electron chi connectivity index (χ3n) is 8.45. The number of thiophene rings is 1. The van der Waals surface area contributed by atoms with Crippen LogP contribution in [0.2, 0.25) is 6.32 Å². The second kappa shape index (κ2) is 11.4. The molecular weight excluding hydrogens is 516 g/mol. The number of imide groups is 1. The average Bonchev–Trinajstić information content (AvgIpc) is 3.50. The third-order valence-corrected chi connectivity index (χ3v) is 9.31. The standard InChI is InChI=1S/C30H35BFNO5S/c1-4-18(12-19-7-9-25(34)24(32)13-19)8-10-26-27-21(17(2)3)14-22-28(23(27)15-31(37)38-26)30(36)33(29(22)35)16-20-6-5-11-39-20/h5-7,9,11-13,17,22-23,26,28,34,37H,4,8,10,14-16H2,1-3H3/b18-12+/t22-,23+,26-,28-/m1/s1. The smallest absolute Gasteiger partial charge is 0.455 e. The van der Waals surface area contributed by atoms with Gasteiger partial charge in [0.05, 0.1) is 24.5 Å². The third kappa shape index (κ3) is 5.49. The molecule has 2 aromatic rings. The van der Waals surface area contributed by atoms with Gasteiger partial charge >= 0.3 is 7.12 Å². The predicted molar refractivity (Wildman–Crippen MR) is 150 cm³/mol. The molecule has 0 bridgehead atoms. The number of phenols is 1. The van der Waals surface area contributed by atoms with Crippen molar-refractivity contribution in [3.8, 4) is 5.75 Å². The van der Waals surface area contributed by atoms with Gasteiger partial charge in [-0.15, -0.1) is 11.3 Å². The molecule has 0 spiro atoms. The van der Waals surface area contributed by atoms with Crippen LogP contribution in [-0.4, -0.2) is 40.1 Å². The van der Waals surface area contributed by atoms with E-state index in [0.29, 0.717) is 37.7 Å². The summed E-state index contributed by atoms with van der Waals surface area (Å²) in [5, 5.41) is 22.2. The number of fused-ring (bicyclic) bond motifs is 3. The van der Waals surface area contributed by atoms with E-state index in [1.807, 2.05) is 30.5 Å². The lowest BCUT2D eigenvalue weighted by atomic mass is 9.57. The van der Waals surface area contributed by atoms with Crippen molar-refractivity contribution in [3.05, 3.63) is 68.7 Å². The number of rotatable bonds is 8. The number of likely N-dealkylation sites (tertiary alicyclic amines) is 1. The average molecular weight is 551 g/mol. The van der Waals surface area contributed by atoms with Crippen LogP contribution < -0.4 is 0 Å². The second-order valence-corrected chi connectivity index (χ2v) is 12.2. The van der Waals surface area contributed by atoms with Crippen LogP contribution in [0.5, 0.6) is 5.75 Å². The summed E-state index contributed by atoms with van der Waals surface area (Å²) in [5.41, 5.74) is 4.02. The Morgan fingerprint density at radius 1 is 1.26 bits per heavy atom. The van der Waals surface area contributed by atoms with Gasteiger partial charge in [-0.25, -0.2) is 4.39 Å². The maximum Gasteiger partial charge on any atom is 0.455 e. The normalized spacial score (nSPS) is 25.5. The molecule has 3 heterocycles. The van der Waals surface area contributed by atoms with Crippen molar-refractivity contribution < 1.29 is 28.8 Å². The molecule has 206 valence electrons. The Hall–Kier alpha value is -2.75. The fraction of sp³-hybridized carbons (Fsp3) is 0.467. The number of carbonyl (C=O) groups excluding carboxylic acids is 2. The van der Waals surface area contributed by atoms with Gasteiger partial charge in [-0.1, -0.05) is 50.1 Å². The van der Waals surface area contributed by atoms with Gasteiger partial charge in [0.15, 0.2) is 11.6 Å². The number of carbonyl (C=O) groups is 2. The number of hydrogen-bond acceptors (Lipinski definition) is 6. The highest BCUT2D eigenvalue weighted by Crippen LogP contribution is 2.52. The SMILES string of the molecule is CC/C(=C\c1ccc(O)c(F)c1)CC[C@H]1OB(O)C[C@H]2C1=C(C(C)C)C[C@H]1C(=O)N(Cc3cccs3)C(=O)[C@H]12. The highest BCUT2D eigenvalue weighted by atomic mass is 32.1. The first-order valence-corrected chi connectivity index (χ1v) is 14.7. The van der Waals surface area contributed by atoms with Gasteiger partial charge in [-0.05, 0) is 78.6 Å². The Bertz CT molecular complexity index is 1310. The first kappa shape index (κ1) is 27.8. The lowest BCUT2D eigenvalue weighted by Gasteiger charge is -2.44. The molecule has 4 atom stereocenters. The minimum absolute atomic E-state index is 0.106. The van der Waals surface area contributed by atoms with E-state index in [1.165, 1.54) is 33.9 Å². The fourth-order valence-corrected chi connectivity index (χ4v) is 7.24. The molecule has 2 N–H and O–H groups in total. The quantitative estimate of drug-likeness (QED) is 0.245. The Balaban J connectivity index is 1.41. The van der Waals surface area contributed by atoms with Crippen molar-refractivity contribution in [2.75, 3.05) is 0 Å². The molecule has 2 fully saturated rings. The van der Waals surface area contributed by atoms with Gasteiger partial charge in [0.1, 0.15) is 0 Å². The van der Waals surface area contributed by atoms with Gasteiger partial charge in [0, 0.05) is 4.88 Å². The van der Waals surface area contributed by atoms with Crippen LogP contribution >= 0.6 is 11.3 Å². The molecule has 9 heteroatoms. The molecule has 2 saturated heterocycles. The van der Waals surface area contributed by atoms with Gasteiger partial charge < -0.3 is 14.8 Å². The van der Waals surface area contributed by atoms with Crippen molar-refractivity contribution in [1.82, 2.24) is 4.90 Å². The van der Waals surface area contributed by atoms with E-state index in [1.54, 1.807) is 6.07 Å². The summed E-state index contributed by atoms with van der Waals surface area (Å²) in [6.07, 6.45) is 4.44. The molecule has 2 aliphatic heterocycles. The van der Waals surface area contributed by atoms with E-state index in [9.17, 15) is 24.1 Å². The minimum Gasteiger partial charge on any atom is -0.505 e. The Labute approximate surface area is 233 Å². The molecule has 0 radical (unpaired) electrons. The maximum absolute atomic E-state index is 13.9. The van der Waals surface area contributed by atoms with E-state index < -0.39 is 24.8 Å². The monoisotopic (exact) mass is 551 g/mol. The van der Waals surface area contributed by atoms with Crippen molar-refractivity contribution >= 4 is 36.3 Å². The van der Waals surface area contributed by atoms with Gasteiger partial charge in [-0.3, -0.25) is 14.5 Å². The molecule has 39 heavy (non-hydrogen) atoms. The van der Waals surface area contributed by atoms with Crippen LogP contribution in [0.15, 0.2) is 52.4 Å². The van der Waals surface area contributed by atoms with E-state index in [2.05, 4.69) is 13.8 Å². The summed E-state index contributed by atoms with van der Waals surface area (Å²) < 4.78 is 20.0. The molecule has 3 aliphatic rings. The van der Waals surface area contributed by atoms with E-state index in [4.69, 9.17) is 4.65 Å². The Kier molecular flexibility index (Phi) is 8.12. The van der Waals surface area contributed by atoms with Crippen LogP contribution in [0.4, 0.5) is 4.39 Å². The van der Waals surface area contributed by atoms with Crippen LogP contribution in [-0.2, 0) is 20.8 Å². The van der Waals surface area contributed by atoms with Crippen LogP contribution in [0.25, 0.3) is 6.08 Å². The van der Waals surface area contributed by atoms with E-state index in [0.717, 1.165) is 22.4 Å². The van der Waals surface area contributed by atoms with Gasteiger partial charge in [0.2, 0.25) is 11.8 Å². The Morgan fingerprint density at radius 3 is 2.72 bits per heavy atom. The largest absolute Gasteiger partial charge is 0.505 e. The topological polar surface area (TPSA) is 87.1 Å². The first-order valence-electron chi connectivity index (χ1n) is 13.8. The maximum atomic E-state index is 13.9. The predicted octanol–water partition coefficient (Wildman–Crippen LogP) is 5.82. The summed E-state index contributed by atoms with van der Waals surface area (Å²) in [5.74, 6) is -2.21. The van der Waals surface area contributed by atoms with Crippen molar-refractivity contribution in [2.45, 2.75) is 65.4 Å². The molecule has 1 aliphatic carbocycles. The fourth-order valence-electron chi connectivity index (χ4n) is 6.55. The summed E-state index contributed by atoms with van der Waals surface area (Å²) in [6, 6.07) is 8.20. The number of hydrogen-bond donors (Lipinski definition) is 2. The summed E-state index contributed by atoms with van der Waals surface area (Å²) in [4.78, 5) is 29.6. The number of amides is 2. The van der Waals surface area contributed by atoms with E-state index >= 15 is 0 Å².